The van der Waals surface area contributed by atoms with Gasteiger partial charge in [-0.2, -0.15) is 0 Å². The summed E-state index contributed by atoms with van der Waals surface area (Å²) < 4.78 is 0. The largest absolute Gasteiger partial charge is 0.325 e. The minimum absolute atomic E-state index is 0.0315. The van der Waals surface area contributed by atoms with E-state index in [-0.39, 0.29) is 5.91 Å². The van der Waals surface area contributed by atoms with Gasteiger partial charge in [-0.25, -0.2) is 0 Å². The van der Waals surface area contributed by atoms with Gasteiger partial charge in [-0.1, -0.05) is 37.6 Å². The predicted molar refractivity (Wildman–Crippen MR) is 84.1 cm³/mol. The van der Waals surface area contributed by atoms with Crippen molar-refractivity contribution in [2.45, 2.75) is 26.7 Å². The van der Waals surface area contributed by atoms with Crippen LogP contribution in [0.5, 0.6) is 0 Å². The number of halogens is 1. The van der Waals surface area contributed by atoms with Gasteiger partial charge in [0.15, 0.2) is 0 Å². The highest BCUT2D eigenvalue weighted by molar-refractivity contribution is 6.33. The van der Waals surface area contributed by atoms with Crippen LogP contribution in [0.25, 0.3) is 0 Å². The predicted octanol–water partition coefficient (Wildman–Crippen LogP) is 3.65. The summed E-state index contributed by atoms with van der Waals surface area (Å²) >= 11 is 6.03. The summed E-state index contributed by atoms with van der Waals surface area (Å²) in [5.41, 5.74) is 0.694. The van der Waals surface area contributed by atoms with Crippen LogP contribution in [0.2, 0.25) is 5.02 Å². The third-order valence-electron chi connectivity index (χ3n) is 3.75. The van der Waals surface area contributed by atoms with Crippen molar-refractivity contribution in [2.75, 3.05) is 25.0 Å². The molecule has 1 fully saturated rings. The van der Waals surface area contributed by atoms with E-state index in [2.05, 4.69) is 24.1 Å². The molecule has 2 atom stereocenters. The van der Waals surface area contributed by atoms with Gasteiger partial charge >= 0.3 is 0 Å². The second-order valence-electron chi connectivity index (χ2n) is 5.98. The number of piperidine rings is 1. The first-order valence-electron chi connectivity index (χ1n) is 7.31. The van der Waals surface area contributed by atoms with Gasteiger partial charge in [-0.3, -0.25) is 4.79 Å². The lowest BCUT2D eigenvalue weighted by Gasteiger charge is -2.34. The normalized spacial score (nSPS) is 23.6. The minimum atomic E-state index is 0.0315. The van der Waals surface area contributed by atoms with Crippen molar-refractivity contribution in [2.24, 2.45) is 11.8 Å². The van der Waals surface area contributed by atoms with Gasteiger partial charge in [-0.15, -0.1) is 0 Å². The zero-order valence-electron chi connectivity index (χ0n) is 12.2. The average molecular weight is 295 g/mol. The number of benzene rings is 1. The fourth-order valence-corrected chi connectivity index (χ4v) is 3.19. The summed E-state index contributed by atoms with van der Waals surface area (Å²) in [5.74, 6) is 1.49. The molecule has 4 heteroatoms. The highest BCUT2D eigenvalue weighted by Crippen LogP contribution is 2.22. The molecule has 2 unspecified atom stereocenters. The molecule has 1 saturated heterocycles. The summed E-state index contributed by atoms with van der Waals surface area (Å²) in [4.78, 5) is 14.4. The molecular weight excluding hydrogens is 272 g/mol. The van der Waals surface area contributed by atoms with E-state index in [1.807, 2.05) is 18.2 Å². The molecule has 0 radical (unpaired) electrons. The van der Waals surface area contributed by atoms with Gasteiger partial charge in [0, 0.05) is 26.1 Å². The first kappa shape index (κ1) is 15.3. The molecule has 0 aromatic heterocycles. The van der Waals surface area contributed by atoms with Crippen LogP contribution >= 0.6 is 11.6 Å². The van der Waals surface area contributed by atoms with Gasteiger partial charge in [0.05, 0.1) is 10.7 Å². The molecule has 1 heterocycles. The van der Waals surface area contributed by atoms with Crippen LogP contribution in [0.3, 0.4) is 0 Å². The lowest BCUT2D eigenvalue weighted by molar-refractivity contribution is -0.116. The van der Waals surface area contributed by atoms with Gasteiger partial charge in [-0.05, 0) is 30.4 Å². The third-order valence-corrected chi connectivity index (χ3v) is 4.08. The van der Waals surface area contributed by atoms with Crippen LogP contribution in [0.15, 0.2) is 24.3 Å². The number of carbonyl (C=O) groups excluding carboxylic acids is 1. The summed E-state index contributed by atoms with van der Waals surface area (Å²) in [5, 5.41) is 3.46. The number of carbonyl (C=O) groups is 1. The fourth-order valence-electron chi connectivity index (χ4n) is 3.01. The number of hydrogen-bond acceptors (Lipinski definition) is 2. The van der Waals surface area contributed by atoms with Crippen LogP contribution in [-0.2, 0) is 4.79 Å². The molecule has 110 valence electrons. The molecule has 1 amide bonds. The van der Waals surface area contributed by atoms with Crippen molar-refractivity contribution < 1.29 is 4.79 Å². The van der Waals surface area contributed by atoms with Crippen molar-refractivity contribution in [3.63, 3.8) is 0 Å². The maximum absolute atomic E-state index is 12.0. The molecule has 3 nitrogen and oxygen atoms in total. The number of para-hydroxylation sites is 1. The van der Waals surface area contributed by atoms with Crippen LogP contribution in [-0.4, -0.2) is 30.4 Å². The Hall–Kier alpha value is -1.06. The lowest BCUT2D eigenvalue weighted by Crippen LogP contribution is -2.40. The van der Waals surface area contributed by atoms with E-state index in [0.29, 0.717) is 17.1 Å². The summed E-state index contributed by atoms with van der Waals surface area (Å²) in [6.45, 7) is 7.59. The van der Waals surface area contributed by atoms with Crippen molar-refractivity contribution in [3.8, 4) is 0 Å². The summed E-state index contributed by atoms with van der Waals surface area (Å²) in [6.07, 6.45) is 1.81. The zero-order valence-corrected chi connectivity index (χ0v) is 13.0. The first-order chi connectivity index (χ1) is 9.54. The number of rotatable bonds is 4. The lowest BCUT2D eigenvalue weighted by atomic mass is 9.92. The summed E-state index contributed by atoms with van der Waals surface area (Å²) in [6, 6.07) is 7.33. The molecule has 1 N–H and O–H groups in total. The van der Waals surface area contributed by atoms with Crippen molar-refractivity contribution in [3.05, 3.63) is 29.3 Å². The minimum Gasteiger partial charge on any atom is -0.325 e. The van der Waals surface area contributed by atoms with Crippen molar-refractivity contribution in [1.29, 1.82) is 0 Å². The molecule has 20 heavy (non-hydrogen) atoms. The Kier molecular flexibility index (Phi) is 5.44. The maximum Gasteiger partial charge on any atom is 0.225 e. The summed E-state index contributed by atoms with van der Waals surface area (Å²) in [7, 11) is 0. The number of anilines is 1. The van der Waals surface area contributed by atoms with Gasteiger partial charge in [0.2, 0.25) is 5.91 Å². The van der Waals surface area contributed by atoms with Crippen molar-refractivity contribution >= 4 is 23.2 Å². The molecule has 2 rings (SSSR count). The molecule has 0 bridgehead atoms. The SMILES string of the molecule is CC1CC(C)CN(CCC(=O)Nc2ccccc2Cl)C1. The number of nitrogens with zero attached hydrogens (tertiary/aromatic N) is 1. The Morgan fingerprint density at radius 1 is 1.30 bits per heavy atom. The zero-order chi connectivity index (χ0) is 14.5. The van der Waals surface area contributed by atoms with Gasteiger partial charge in [0.1, 0.15) is 0 Å². The molecule has 0 aliphatic carbocycles. The Labute approximate surface area is 126 Å². The Morgan fingerprint density at radius 3 is 2.60 bits per heavy atom. The van der Waals surface area contributed by atoms with Crippen molar-refractivity contribution in [1.82, 2.24) is 4.90 Å². The first-order valence-corrected chi connectivity index (χ1v) is 7.69. The van der Waals surface area contributed by atoms with E-state index >= 15 is 0 Å². The second-order valence-corrected chi connectivity index (χ2v) is 6.39. The van der Waals surface area contributed by atoms with Gasteiger partial charge < -0.3 is 10.2 Å². The Bertz CT molecular complexity index is 454. The quantitative estimate of drug-likeness (QED) is 0.919. The standard InChI is InChI=1S/C16H23ClN2O/c1-12-9-13(2)11-19(10-12)8-7-16(20)18-15-6-4-3-5-14(15)17/h3-6,12-13H,7-11H2,1-2H3,(H,18,20). The molecule has 0 spiro atoms. The van der Waals surface area contributed by atoms with E-state index in [1.165, 1.54) is 6.42 Å². The van der Waals surface area contributed by atoms with E-state index in [4.69, 9.17) is 11.6 Å². The van der Waals surface area contributed by atoms with Crippen LogP contribution in [0.4, 0.5) is 5.69 Å². The van der Waals surface area contributed by atoms with Crippen LogP contribution in [0, 0.1) is 11.8 Å². The highest BCUT2D eigenvalue weighted by Gasteiger charge is 2.21. The molecule has 0 saturated carbocycles. The molecule has 1 aliphatic rings. The molecule has 1 aliphatic heterocycles. The monoisotopic (exact) mass is 294 g/mol. The van der Waals surface area contributed by atoms with E-state index in [1.54, 1.807) is 6.07 Å². The van der Waals surface area contributed by atoms with Crippen LogP contribution < -0.4 is 5.32 Å². The van der Waals surface area contributed by atoms with E-state index < -0.39 is 0 Å². The number of amides is 1. The molecule has 1 aromatic carbocycles. The van der Waals surface area contributed by atoms with E-state index in [9.17, 15) is 4.79 Å². The molecule has 1 aromatic rings. The number of hydrogen-bond donors (Lipinski definition) is 1. The average Bonchev–Trinajstić information content (AvgIpc) is 2.38. The Morgan fingerprint density at radius 2 is 1.95 bits per heavy atom. The van der Waals surface area contributed by atoms with Gasteiger partial charge in [0.25, 0.3) is 0 Å². The highest BCUT2D eigenvalue weighted by atomic mass is 35.5. The smallest absolute Gasteiger partial charge is 0.225 e. The topological polar surface area (TPSA) is 32.3 Å². The second kappa shape index (κ2) is 7.09. The van der Waals surface area contributed by atoms with E-state index in [0.717, 1.165) is 31.5 Å². The fraction of sp³-hybridized carbons (Fsp3) is 0.562. The van der Waals surface area contributed by atoms with Crippen LogP contribution in [0.1, 0.15) is 26.7 Å². The third kappa shape index (κ3) is 4.50. The number of nitrogens with one attached hydrogen (secondary N) is 1. The molecular formula is C16H23ClN2O. The Balaban J connectivity index is 1.79. The number of likely N-dealkylation sites (tertiary alicyclic amines) is 1. The maximum atomic E-state index is 12.0.